The molecule has 0 aromatic rings. The highest BCUT2D eigenvalue weighted by Gasteiger charge is 2.27. The fraction of sp³-hybridized carbons (Fsp3) is 0.800. The van der Waals surface area contributed by atoms with E-state index in [2.05, 4.69) is 10.1 Å². The number of ether oxygens (including phenoxy) is 2. The highest BCUT2D eigenvalue weighted by atomic mass is 16.6. The molecule has 16 heavy (non-hydrogen) atoms. The van der Waals surface area contributed by atoms with Crippen LogP contribution in [0.1, 0.15) is 6.92 Å². The van der Waals surface area contributed by atoms with Crippen LogP contribution in [0.5, 0.6) is 0 Å². The van der Waals surface area contributed by atoms with E-state index in [0.29, 0.717) is 32.8 Å². The van der Waals surface area contributed by atoms with Crippen LogP contribution in [0, 0.1) is 0 Å². The molecule has 1 N–H and O–H groups in total. The number of amides is 1. The van der Waals surface area contributed by atoms with Gasteiger partial charge in [0.15, 0.2) is 6.10 Å². The average Bonchev–Trinajstić information content (AvgIpc) is 2.28. The normalized spacial score (nSPS) is 21.5. The maximum atomic E-state index is 11.3. The van der Waals surface area contributed by atoms with E-state index in [1.807, 2.05) is 11.8 Å². The summed E-state index contributed by atoms with van der Waals surface area (Å²) in [5.41, 5.74) is 0. The minimum atomic E-state index is -0.576. The van der Waals surface area contributed by atoms with Crippen molar-refractivity contribution in [2.75, 3.05) is 39.9 Å². The molecule has 0 aromatic heterocycles. The van der Waals surface area contributed by atoms with Gasteiger partial charge in [0.25, 0.3) is 0 Å². The van der Waals surface area contributed by atoms with E-state index in [1.165, 1.54) is 7.11 Å². The first-order chi connectivity index (χ1) is 7.67. The molecule has 0 aliphatic carbocycles. The number of nitrogens with zero attached hydrogens (tertiary/aromatic N) is 1. The van der Waals surface area contributed by atoms with Gasteiger partial charge in [0.1, 0.15) is 0 Å². The Labute approximate surface area is 94.9 Å². The molecule has 1 saturated heterocycles. The first-order valence-electron chi connectivity index (χ1n) is 5.35. The zero-order valence-electron chi connectivity index (χ0n) is 9.69. The third kappa shape index (κ3) is 3.79. The van der Waals surface area contributed by atoms with Crippen LogP contribution in [0.3, 0.4) is 0 Å². The fourth-order valence-corrected chi connectivity index (χ4v) is 1.58. The van der Waals surface area contributed by atoms with Gasteiger partial charge in [-0.25, -0.2) is 4.79 Å². The van der Waals surface area contributed by atoms with Crippen LogP contribution in [0.15, 0.2) is 0 Å². The van der Waals surface area contributed by atoms with Crippen LogP contribution in [0.2, 0.25) is 0 Å². The lowest BCUT2D eigenvalue weighted by Crippen LogP contribution is -2.49. The molecule has 1 amide bonds. The van der Waals surface area contributed by atoms with Crippen LogP contribution in [-0.4, -0.2) is 62.8 Å². The highest BCUT2D eigenvalue weighted by molar-refractivity contribution is 5.78. The van der Waals surface area contributed by atoms with Crippen LogP contribution in [0.25, 0.3) is 0 Å². The zero-order valence-corrected chi connectivity index (χ0v) is 9.69. The van der Waals surface area contributed by atoms with Crippen LogP contribution >= 0.6 is 0 Å². The van der Waals surface area contributed by atoms with Gasteiger partial charge in [0.05, 0.1) is 20.3 Å². The third-order valence-electron chi connectivity index (χ3n) is 2.36. The molecular formula is C10H18N2O4. The molecular weight excluding hydrogens is 212 g/mol. The Morgan fingerprint density at radius 2 is 2.31 bits per heavy atom. The van der Waals surface area contributed by atoms with E-state index in [9.17, 15) is 9.59 Å². The van der Waals surface area contributed by atoms with Crippen molar-refractivity contribution < 1.29 is 19.1 Å². The first-order valence-corrected chi connectivity index (χ1v) is 5.35. The first kappa shape index (κ1) is 12.9. The maximum absolute atomic E-state index is 11.3. The number of esters is 1. The summed E-state index contributed by atoms with van der Waals surface area (Å²) in [4.78, 5) is 24.5. The number of nitrogens with one attached hydrogen (secondary N) is 1. The van der Waals surface area contributed by atoms with Crippen molar-refractivity contribution in [1.82, 2.24) is 10.2 Å². The minimum absolute atomic E-state index is 0.0342. The van der Waals surface area contributed by atoms with E-state index in [4.69, 9.17) is 4.74 Å². The Morgan fingerprint density at radius 3 is 2.94 bits per heavy atom. The Kier molecular flexibility index (Phi) is 5.21. The lowest BCUT2D eigenvalue weighted by Gasteiger charge is -2.30. The number of morpholine rings is 1. The second-order valence-electron chi connectivity index (χ2n) is 3.57. The van der Waals surface area contributed by atoms with Gasteiger partial charge in [-0.2, -0.15) is 0 Å². The van der Waals surface area contributed by atoms with Crippen LogP contribution in [-0.2, 0) is 19.1 Å². The number of carbonyl (C=O) groups excluding carboxylic acids is 2. The van der Waals surface area contributed by atoms with Crippen molar-refractivity contribution in [1.29, 1.82) is 0 Å². The zero-order chi connectivity index (χ0) is 12.0. The fourth-order valence-electron chi connectivity index (χ4n) is 1.58. The molecule has 1 rings (SSSR count). The maximum Gasteiger partial charge on any atom is 0.336 e. The molecule has 0 saturated carbocycles. The van der Waals surface area contributed by atoms with Gasteiger partial charge in [0.2, 0.25) is 5.91 Å². The predicted octanol–water partition coefficient (Wildman–Crippen LogP) is -1.00. The number of likely N-dealkylation sites (N-methyl/N-ethyl adjacent to an activating group) is 1. The number of methoxy groups -OCH3 is 1. The summed E-state index contributed by atoms with van der Waals surface area (Å²) in [6, 6.07) is 0. The number of rotatable bonds is 4. The van der Waals surface area contributed by atoms with Crippen molar-refractivity contribution >= 4 is 11.9 Å². The summed E-state index contributed by atoms with van der Waals surface area (Å²) in [7, 11) is 1.33. The Morgan fingerprint density at radius 1 is 1.56 bits per heavy atom. The molecule has 0 aromatic carbocycles. The predicted molar refractivity (Wildman–Crippen MR) is 56.9 cm³/mol. The third-order valence-corrected chi connectivity index (χ3v) is 2.36. The van der Waals surface area contributed by atoms with Crippen molar-refractivity contribution in [2.24, 2.45) is 0 Å². The van der Waals surface area contributed by atoms with Crippen LogP contribution < -0.4 is 5.32 Å². The van der Waals surface area contributed by atoms with Gasteiger partial charge in [0, 0.05) is 19.6 Å². The standard InChI is InChI=1S/C10H18N2O4/c1-3-11-9(13)7-12-4-5-16-8(6-12)10(14)15-2/h8H,3-7H2,1-2H3,(H,11,13). The van der Waals surface area contributed by atoms with Crippen molar-refractivity contribution in [3.8, 4) is 0 Å². The molecule has 1 aliphatic rings. The summed E-state index contributed by atoms with van der Waals surface area (Å²) in [6.07, 6.45) is -0.576. The SMILES string of the molecule is CCNC(=O)CN1CCOC(C(=O)OC)C1. The largest absolute Gasteiger partial charge is 0.467 e. The molecule has 0 spiro atoms. The topological polar surface area (TPSA) is 67.9 Å². The molecule has 1 aliphatic heterocycles. The monoisotopic (exact) mass is 230 g/mol. The molecule has 0 bridgehead atoms. The van der Waals surface area contributed by atoms with E-state index < -0.39 is 6.10 Å². The molecule has 1 atom stereocenters. The van der Waals surface area contributed by atoms with Gasteiger partial charge >= 0.3 is 5.97 Å². The lowest BCUT2D eigenvalue weighted by atomic mass is 10.2. The quantitative estimate of drug-likeness (QED) is 0.627. The number of carbonyl (C=O) groups is 2. The van der Waals surface area contributed by atoms with Crippen molar-refractivity contribution in [3.05, 3.63) is 0 Å². The minimum Gasteiger partial charge on any atom is -0.467 e. The Balaban J connectivity index is 2.38. The Hall–Kier alpha value is -1.14. The van der Waals surface area contributed by atoms with Gasteiger partial charge < -0.3 is 14.8 Å². The molecule has 6 nitrogen and oxygen atoms in total. The molecule has 1 unspecified atom stereocenters. The average molecular weight is 230 g/mol. The summed E-state index contributed by atoms with van der Waals surface area (Å²) in [6.45, 7) is 4.29. The van der Waals surface area contributed by atoms with E-state index in [1.54, 1.807) is 0 Å². The van der Waals surface area contributed by atoms with Gasteiger partial charge in [-0.15, -0.1) is 0 Å². The second-order valence-corrected chi connectivity index (χ2v) is 3.57. The molecule has 92 valence electrons. The highest BCUT2D eigenvalue weighted by Crippen LogP contribution is 2.06. The molecule has 1 fully saturated rings. The number of hydrogen-bond acceptors (Lipinski definition) is 5. The molecule has 6 heteroatoms. The van der Waals surface area contributed by atoms with E-state index in [-0.39, 0.29) is 11.9 Å². The lowest BCUT2D eigenvalue weighted by molar-refractivity contribution is -0.160. The summed E-state index contributed by atoms with van der Waals surface area (Å²) >= 11 is 0. The Bertz CT molecular complexity index is 257. The van der Waals surface area contributed by atoms with Crippen molar-refractivity contribution in [3.63, 3.8) is 0 Å². The number of hydrogen-bond donors (Lipinski definition) is 1. The van der Waals surface area contributed by atoms with Crippen LogP contribution in [0.4, 0.5) is 0 Å². The van der Waals surface area contributed by atoms with Gasteiger partial charge in [-0.3, -0.25) is 9.69 Å². The summed E-state index contributed by atoms with van der Waals surface area (Å²) in [5, 5.41) is 2.71. The van der Waals surface area contributed by atoms with Gasteiger partial charge in [-0.05, 0) is 6.92 Å². The summed E-state index contributed by atoms with van der Waals surface area (Å²) < 4.78 is 9.85. The van der Waals surface area contributed by atoms with E-state index >= 15 is 0 Å². The van der Waals surface area contributed by atoms with E-state index in [0.717, 1.165) is 0 Å². The molecule has 1 heterocycles. The molecule has 0 radical (unpaired) electrons. The smallest absolute Gasteiger partial charge is 0.336 e. The second kappa shape index (κ2) is 6.44. The summed E-state index contributed by atoms with van der Waals surface area (Å²) in [5.74, 6) is -0.423. The van der Waals surface area contributed by atoms with Crippen molar-refractivity contribution in [2.45, 2.75) is 13.0 Å². The van der Waals surface area contributed by atoms with Gasteiger partial charge in [-0.1, -0.05) is 0 Å².